The van der Waals surface area contributed by atoms with E-state index in [1.165, 1.54) is 135 Å². The highest BCUT2D eigenvalue weighted by Gasteiger charge is 2.29. The average Bonchev–Trinajstić information content (AvgIpc) is 1.69. The lowest BCUT2D eigenvalue weighted by Gasteiger charge is -2.12. The Morgan fingerprint density at radius 2 is 0.782 bits per heavy atom. The number of phenols is 1. The number of hydrogen-bond acceptors (Lipinski definition) is 5. The van der Waals surface area contributed by atoms with Crippen LogP contribution in [0, 0.1) is 35.5 Å². The Bertz CT molecular complexity index is 4060. The molecular weight excluding hydrogens is 1060 g/mol. The molecule has 5 heterocycles. The van der Waals surface area contributed by atoms with Gasteiger partial charge in [-0.2, -0.15) is 0 Å². The van der Waals surface area contributed by atoms with Crippen LogP contribution in [0.15, 0.2) is 160 Å². The van der Waals surface area contributed by atoms with Gasteiger partial charge in [-0.25, -0.2) is 15.0 Å². The quantitative estimate of drug-likeness (QED) is 0.0354. The minimum atomic E-state index is 0.0895. The molecule has 0 amide bonds. The Kier molecular flexibility index (Phi) is 22.6. The number of aromatic amines is 1. The molecule has 4 aliphatic heterocycles. The molecule has 1 aromatic heterocycles. The number of nitrogens with two attached hydrogens (primary N) is 1. The molecule has 0 aliphatic carbocycles. The Morgan fingerprint density at radius 1 is 0.402 bits per heavy atom. The van der Waals surface area contributed by atoms with Gasteiger partial charge in [0.15, 0.2) is 0 Å². The van der Waals surface area contributed by atoms with Gasteiger partial charge in [0, 0.05) is 74.0 Å². The third-order valence-corrected chi connectivity index (χ3v) is 17.4. The lowest BCUT2D eigenvalue weighted by Crippen LogP contribution is -2.30. The summed E-state index contributed by atoms with van der Waals surface area (Å²) < 4.78 is 0. The maximum atomic E-state index is 12.4. The van der Waals surface area contributed by atoms with Crippen LogP contribution in [0.5, 0.6) is 5.75 Å². The van der Waals surface area contributed by atoms with Gasteiger partial charge < -0.3 is 15.8 Å². The van der Waals surface area contributed by atoms with Gasteiger partial charge in [-0.05, 0) is 114 Å². The first-order valence-corrected chi connectivity index (χ1v) is 33.3. The average molecular weight is 1150 g/mol. The molecule has 0 spiro atoms. The largest absolute Gasteiger partial charge is 0.507 e. The highest BCUT2D eigenvalue weighted by molar-refractivity contribution is 6.32. The van der Waals surface area contributed by atoms with E-state index >= 15 is 0 Å². The number of allylic oxidation sites excluding steroid dienone is 4. The molecule has 0 radical (unpaired) electrons. The van der Waals surface area contributed by atoms with Crippen molar-refractivity contribution in [3.05, 3.63) is 205 Å². The number of unbranched alkanes of at least 4 members (excludes halogenated alkanes) is 24. The Balaban J connectivity index is 1.07. The number of aliphatic imine (C=N–C) groups is 2. The summed E-state index contributed by atoms with van der Waals surface area (Å²) in [5, 5.41) is 17.1. The van der Waals surface area contributed by atoms with Crippen LogP contribution in [-0.4, -0.2) is 21.5 Å². The summed E-state index contributed by atoms with van der Waals surface area (Å²) in [6.07, 6.45) is 41.9. The number of hydrogen-bond donors (Lipinski definition) is 3. The number of fused-ring (bicyclic) bond motifs is 7. The normalized spacial score (nSPS) is 13.8. The first-order valence-electron chi connectivity index (χ1n) is 33.3. The van der Waals surface area contributed by atoms with Gasteiger partial charge in [-0.1, -0.05) is 252 Å². The summed E-state index contributed by atoms with van der Waals surface area (Å²) in [4.78, 5) is 20.5. The SMILES string of the molecule is CCCCCCCCCCC#Cc1ccc(C2=C3C=CC(=N3)C(c3ccc(C#CCCCCCCCCCC)cc3)=c3ccc([nH]3)=C(c3ccc(C#CCCCCCCCCCC)cc3)C3=NC(=c4c5c(c(O)c6ccccc46)C(N)=C2N=5)C=C3)cc1. The molecule has 0 fully saturated rings. The molecule has 4 aliphatic rings. The first kappa shape index (κ1) is 61.7. The molecule has 4 N–H and O–H groups in total. The molecule has 0 unspecified atom stereocenters. The zero-order valence-electron chi connectivity index (χ0n) is 52.2. The molecule has 8 bridgehead atoms. The second-order valence-electron chi connectivity index (χ2n) is 24.0. The van der Waals surface area contributed by atoms with Crippen molar-refractivity contribution < 1.29 is 5.11 Å². The molecular formula is C81H89N5O. The van der Waals surface area contributed by atoms with Crippen LogP contribution >= 0.6 is 0 Å². The van der Waals surface area contributed by atoms with Crippen molar-refractivity contribution in [2.45, 2.75) is 194 Å². The van der Waals surface area contributed by atoms with Crippen LogP contribution in [0.1, 0.15) is 233 Å². The minimum Gasteiger partial charge on any atom is -0.507 e. The van der Waals surface area contributed by atoms with Crippen molar-refractivity contribution >= 4 is 50.3 Å². The summed E-state index contributed by atoms with van der Waals surface area (Å²) >= 11 is 0. The van der Waals surface area contributed by atoms with E-state index in [0.717, 1.165) is 127 Å². The standard InChI is InChI=1S/C81H89N5O/c1-4-7-10-13-16-19-22-25-28-31-36-59-41-47-62(48-42-59)73-67-53-54-68(83-67)74(63-49-43-60(44-50-63)37-32-29-26-23-20-17-14-11-8-5-2)70-56-58-72(85-70)76-65-39-34-35-40-66(65)81(87)77-78(82)80(86-79(76)77)75(71-57-55-69(73)84-71)64-51-45-61(46-52-64)38-33-30-27-24-21-18-15-12-9-6-3/h34-35,39-58,83,87H,4-30,82H2,1-3H3. The lowest BCUT2D eigenvalue weighted by molar-refractivity contribution is 0.479. The van der Waals surface area contributed by atoms with Crippen molar-refractivity contribution in [3.8, 4) is 41.3 Å². The van der Waals surface area contributed by atoms with Gasteiger partial charge in [0.2, 0.25) is 0 Å². The zero-order chi connectivity index (χ0) is 60.0. The number of aromatic nitrogens is 1. The van der Waals surface area contributed by atoms with E-state index in [0.29, 0.717) is 33.4 Å². The van der Waals surface area contributed by atoms with E-state index in [9.17, 15) is 5.11 Å². The molecule has 0 atom stereocenters. The molecule has 87 heavy (non-hydrogen) atoms. The van der Waals surface area contributed by atoms with Crippen LogP contribution in [0.2, 0.25) is 0 Å². The molecule has 444 valence electrons. The number of aromatic hydroxyl groups is 1. The van der Waals surface area contributed by atoms with Crippen molar-refractivity contribution in [1.82, 2.24) is 4.98 Å². The summed E-state index contributed by atoms with van der Waals surface area (Å²) in [6, 6.07) is 37.9. The van der Waals surface area contributed by atoms with E-state index in [4.69, 9.17) is 20.7 Å². The fourth-order valence-electron chi connectivity index (χ4n) is 12.5. The highest BCUT2D eigenvalue weighted by atomic mass is 16.3. The molecule has 6 heteroatoms. The molecule has 0 saturated heterocycles. The summed E-state index contributed by atoms with van der Waals surface area (Å²) in [5.41, 5.74) is 20.3. The van der Waals surface area contributed by atoms with E-state index in [1.807, 2.05) is 24.3 Å². The number of nitrogens with zero attached hydrogens (tertiary/aromatic N) is 3. The van der Waals surface area contributed by atoms with Crippen molar-refractivity contribution in [3.63, 3.8) is 0 Å². The molecule has 10 rings (SSSR count). The number of rotatable bonds is 27. The fourth-order valence-corrected chi connectivity index (χ4v) is 12.5. The lowest BCUT2D eigenvalue weighted by atomic mass is 9.96. The Hall–Kier alpha value is -8.37. The van der Waals surface area contributed by atoms with E-state index in [-0.39, 0.29) is 5.75 Å². The van der Waals surface area contributed by atoms with Crippen LogP contribution < -0.4 is 27.0 Å². The summed E-state index contributed by atoms with van der Waals surface area (Å²) in [5.74, 6) is 20.8. The van der Waals surface area contributed by atoms with Crippen molar-refractivity contribution in [1.29, 1.82) is 0 Å². The van der Waals surface area contributed by atoms with Crippen LogP contribution in [-0.2, 0) is 0 Å². The van der Waals surface area contributed by atoms with Gasteiger partial charge >= 0.3 is 0 Å². The Morgan fingerprint density at radius 3 is 1.22 bits per heavy atom. The smallest absolute Gasteiger partial charge is 0.135 e. The Labute approximate surface area is 518 Å². The second-order valence-corrected chi connectivity index (χ2v) is 24.0. The van der Waals surface area contributed by atoms with Gasteiger partial charge in [-0.3, -0.25) is 0 Å². The van der Waals surface area contributed by atoms with Crippen LogP contribution in [0.3, 0.4) is 0 Å². The van der Waals surface area contributed by atoms with Crippen LogP contribution in [0.4, 0.5) is 0 Å². The summed E-state index contributed by atoms with van der Waals surface area (Å²) in [6.45, 7) is 6.82. The molecule has 6 nitrogen and oxygen atoms in total. The molecule has 5 aromatic carbocycles. The topological polar surface area (TPSA) is 99.1 Å². The number of phenolic OH excluding ortho intramolecular Hbond substituents is 1. The predicted octanol–water partition coefficient (Wildman–Crippen LogP) is 17.4. The van der Waals surface area contributed by atoms with E-state index in [2.05, 4.69) is 171 Å². The number of H-pyrrole nitrogens is 1. The maximum Gasteiger partial charge on any atom is 0.135 e. The number of benzene rings is 5. The highest BCUT2D eigenvalue weighted by Crippen LogP contribution is 2.40. The van der Waals surface area contributed by atoms with Crippen molar-refractivity contribution in [2.75, 3.05) is 0 Å². The second kappa shape index (κ2) is 31.9. The molecule has 0 saturated carbocycles. The first-order chi connectivity index (χ1) is 42.9. The van der Waals surface area contributed by atoms with Gasteiger partial charge in [0.25, 0.3) is 0 Å². The fraction of sp³-hybridized carbons (Fsp3) is 0.370. The van der Waals surface area contributed by atoms with Gasteiger partial charge in [0.05, 0.1) is 45.1 Å². The molecule has 6 aromatic rings. The van der Waals surface area contributed by atoms with E-state index in [1.54, 1.807) is 0 Å². The van der Waals surface area contributed by atoms with Gasteiger partial charge in [0.1, 0.15) is 5.75 Å². The van der Waals surface area contributed by atoms with Gasteiger partial charge in [-0.15, -0.1) is 0 Å². The summed E-state index contributed by atoms with van der Waals surface area (Å²) in [7, 11) is 0. The van der Waals surface area contributed by atoms with Crippen LogP contribution in [0.25, 0.3) is 38.9 Å². The minimum absolute atomic E-state index is 0.0895. The third kappa shape index (κ3) is 15.8. The predicted molar refractivity (Wildman–Crippen MR) is 368 cm³/mol. The third-order valence-electron chi connectivity index (χ3n) is 17.4. The van der Waals surface area contributed by atoms with Crippen molar-refractivity contribution in [2.24, 2.45) is 20.7 Å². The number of nitrogens with one attached hydrogen (secondary N) is 1. The monoisotopic (exact) mass is 1150 g/mol. The maximum absolute atomic E-state index is 12.4. The zero-order valence-corrected chi connectivity index (χ0v) is 52.2. The van der Waals surface area contributed by atoms with E-state index < -0.39 is 0 Å².